The summed E-state index contributed by atoms with van der Waals surface area (Å²) >= 11 is 0. The van der Waals surface area contributed by atoms with E-state index in [2.05, 4.69) is 4.74 Å². The van der Waals surface area contributed by atoms with E-state index in [-0.39, 0.29) is 30.1 Å². The van der Waals surface area contributed by atoms with Crippen LogP contribution in [-0.2, 0) is 14.3 Å². The van der Waals surface area contributed by atoms with Crippen molar-refractivity contribution in [3.05, 3.63) is 0 Å². The van der Waals surface area contributed by atoms with Gasteiger partial charge in [0.15, 0.2) is 0 Å². The molecule has 0 radical (unpaired) electrons. The molecule has 0 saturated carbocycles. The number of methoxy groups -OCH3 is 1. The Labute approximate surface area is 96.4 Å². The van der Waals surface area contributed by atoms with Crippen LogP contribution >= 0.6 is 12.4 Å². The topological polar surface area (TPSA) is 46.6 Å². The molecule has 1 rings (SSSR count). The maximum absolute atomic E-state index is 11.1. The second-order valence-corrected chi connectivity index (χ2v) is 3.74. The highest BCUT2D eigenvalue weighted by molar-refractivity contribution is 5.85. The zero-order valence-corrected chi connectivity index (χ0v) is 10.0. The van der Waals surface area contributed by atoms with Gasteiger partial charge < -0.3 is 4.74 Å². The number of carbonyl (C=O) groups excluding carboxylic acids is 2. The van der Waals surface area contributed by atoms with Gasteiger partial charge in [-0.15, -0.1) is 12.4 Å². The van der Waals surface area contributed by atoms with Crippen LogP contribution in [0, 0.1) is 5.92 Å². The first-order valence-corrected chi connectivity index (χ1v) is 4.93. The summed E-state index contributed by atoms with van der Waals surface area (Å²) in [4.78, 5) is 24.1. The van der Waals surface area contributed by atoms with Crippen molar-refractivity contribution in [2.45, 2.75) is 19.8 Å². The van der Waals surface area contributed by atoms with Crippen LogP contribution in [0.15, 0.2) is 0 Å². The summed E-state index contributed by atoms with van der Waals surface area (Å²) in [6.45, 7) is 3.63. The molecule has 1 heterocycles. The lowest BCUT2D eigenvalue weighted by atomic mass is 9.93. The minimum Gasteiger partial charge on any atom is -0.468 e. The van der Waals surface area contributed by atoms with E-state index in [4.69, 9.17) is 0 Å². The van der Waals surface area contributed by atoms with Crippen molar-refractivity contribution < 1.29 is 14.3 Å². The molecule has 0 aliphatic carbocycles. The van der Waals surface area contributed by atoms with Crippen LogP contribution in [0.5, 0.6) is 0 Å². The van der Waals surface area contributed by atoms with Gasteiger partial charge in [-0.05, 0) is 32.9 Å². The molecule has 0 aromatic carbocycles. The number of piperidine rings is 1. The Morgan fingerprint density at radius 1 is 1.33 bits per heavy atom. The normalized spacial score (nSPS) is 18.0. The molecular weight excluding hydrogens is 218 g/mol. The summed E-state index contributed by atoms with van der Waals surface area (Å²) in [7, 11) is 1.39. The molecule has 1 aliphatic heterocycles. The van der Waals surface area contributed by atoms with Crippen LogP contribution in [0.1, 0.15) is 19.8 Å². The number of ether oxygens (including phenoxy) is 1. The van der Waals surface area contributed by atoms with E-state index in [1.165, 1.54) is 7.11 Å². The van der Waals surface area contributed by atoms with Gasteiger partial charge in [0, 0.05) is 5.92 Å². The second-order valence-electron chi connectivity index (χ2n) is 3.74. The van der Waals surface area contributed by atoms with Crippen molar-refractivity contribution in [1.29, 1.82) is 0 Å². The lowest BCUT2D eigenvalue weighted by Gasteiger charge is -2.29. The number of Topliss-reactive ketones (excluding diaryl/α,β-unsaturated/α-hetero) is 1. The lowest BCUT2D eigenvalue weighted by molar-refractivity contribution is -0.142. The predicted octanol–water partition coefficient (Wildman–Crippen LogP) is 0.882. The Morgan fingerprint density at radius 2 is 1.87 bits per heavy atom. The number of hydrogen-bond acceptors (Lipinski definition) is 4. The van der Waals surface area contributed by atoms with Gasteiger partial charge in [-0.25, -0.2) is 0 Å². The Hall–Kier alpha value is -0.610. The Bertz CT molecular complexity index is 225. The molecule has 1 fully saturated rings. The average Bonchev–Trinajstić information content (AvgIpc) is 2.18. The van der Waals surface area contributed by atoms with Gasteiger partial charge >= 0.3 is 5.97 Å². The minimum absolute atomic E-state index is 0. The van der Waals surface area contributed by atoms with Gasteiger partial charge in [-0.2, -0.15) is 0 Å². The van der Waals surface area contributed by atoms with Crippen molar-refractivity contribution in [3.63, 3.8) is 0 Å². The number of esters is 1. The highest BCUT2D eigenvalue weighted by Gasteiger charge is 2.23. The first-order valence-electron chi connectivity index (χ1n) is 4.93. The molecule has 1 aliphatic rings. The molecule has 1 saturated heterocycles. The van der Waals surface area contributed by atoms with Crippen LogP contribution in [0.2, 0.25) is 0 Å². The van der Waals surface area contributed by atoms with Crippen LogP contribution in [0.25, 0.3) is 0 Å². The Kier molecular flexibility index (Phi) is 6.52. The van der Waals surface area contributed by atoms with Crippen LogP contribution < -0.4 is 0 Å². The van der Waals surface area contributed by atoms with E-state index < -0.39 is 0 Å². The van der Waals surface area contributed by atoms with Crippen LogP contribution in [0.4, 0.5) is 0 Å². The number of nitrogens with zero attached hydrogens (tertiary/aromatic N) is 1. The third kappa shape index (κ3) is 4.62. The fourth-order valence-electron chi connectivity index (χ4n) is 1.74. The first kappa shape index (κ1) is 14.4. The zero-order chi connectivity index (χ0) is 10.6. The summed E-state index contributed by atoms with van der Waals surface area (Å²) < 4.78 is 4.58. The van der Waals surface area contributed by atoms with Gasteiger partial charge in [-0.1, -0.05) is 0 Å². The molecule has 0 unspecified atom stereocenters. The minimum atomic E-state index is -0.203. The molecule has 0 N–H and O–H groups in total. The van der Waals surface area contributed by atoms with E-state index in [0.29, 0.717) is 6.54 Å². The van der Waals surface area contributed by atoms with E-state index in [1.54, 1.807) is 6.92 Å². The van der Waals surface area contributed by atoms with Gasteiger partial charge in [0.05, 0.1) is 13.7 Å². The fourth-order valence-corrected chi connectivity index (χ4v) is 1.74. The molecule has 0 aromatic heterocycles. The summed E-state index contributed by atoms with van der Waals surface area (Å²) in [6.07, 6.45) is 1.73. The standard InChI is InChI=1S/C10H17NO3.ClH/c1-8(12)9-3-5-11(6-4-9)7-10(13)14-2;/h9H,3-7H2,1-2H3;1H. The zero-order valence-electron chi connectivity index (χ0n) is 9.19. The molecular formula is C10H18ClNO3. The largest absolute Gasteiger partial charge is 0.468 e. The third-order valence-corrected chi connectivity index (χ3v) is 2.74. The van der Waals surface area contributed by atoms with Gasteiger partial charge in [-0.3, -0.25) is 14.5 Å². The summed E-state index contributed by atoms with van der Waals surface area (Å²) in [5.41, 5.74) is 0. The molecule has 0 spiro atoms. The monoisotopic (exact) mass is 235 g/mol. The smallest absolute Gasteiger partial charge is 0.319 e. The summed E-state index contributed by atoms with van der Waals surface area (Å²) in [5, 5.41) is 0. The number of likely N-dealkylation sites (tertiary alicyclic amines) is 1. The average molecular weight is 236 g/mol. The summed E-state index contributed by atoms with van der Waals surface area (Å²) in [5.74, 6) is 0.262. The maximum atomic E-state index is 11.1. The van der Waals surface area contributed by atoms with E-state index in [0.717, 1.165) is 25.9 Å². The fraction of sp³-hybridized carbons (Fsp3) is 0.800. The van der Waals surface area contributed by atoms with Crippen molar-refractivity contribution in [3.8, 4) is 0 Å². The molecule has 15 heavy (non-hydrogen) atoms. The summed E-state index contributed by atoms with van der Waals surface area (Å²) in [6, 6.07) is 0. The highest BCUT2D eigenvalue weighted by Crippen LogP contribution is 2.17. The Morgan fingerprint density at radius 3 is 2.27 bits per heavy atom. The van der Waals surface area contributed by atoms with Crippen LogP contribution in [0.3, 0.4) is 0 Å². The van der Waals surface area contributed by atoms with Crippen molar-refractivity contribution in [2.75, 3.05) is 26.7 Å². The SMILES string of the molecule is COC(=O)CN1CCC(C(C)=O)CC1.Cl. The number of hydrogen-bond donors (Lipinski definition) is 0. The molecule has 88 valence electrons. The molecule has 0 atom stereocenters. The molecule has 0 aromatic rings. The number of ketones is 1. The van der Waals surface area contributed by atoms with Crippen molar-refractivity contribution in [1.82, 2.24) is 4.90 Å². The van der Waals surface area contributed by atoms with E-state index in [9.17, 15) is 9.59 Å². The van der Waals surface area contributed by atoms with Gasteiger partial charge in [0.2, 0.25) is 0 Å². The Balaban J connectivity index is 0.00000196. The quantitative estimate of drug-likeness (QED) is 0.682. The molecule has 4 nitrogen and oxygen atoms in total. The third-order valence-electron chi connectivity index (χ3n) is 2.74. The van der Waals surface area contributed by atoms with Crippen molar-refractivity contribution in [2.24, 2.45) is 5.92 Å². The lowest BCUT2D eigenvalue weighted by Crippen LogP contribution is -2.39. The predicted molar refractivity (Wildman–Crippen MR) is 59.1 cm³/mol. The molecule has 5 heteroatoms. The van der Waals surface area contributed by atoms with Crippen molar-refractivity contribution >= 4 is 24.2 Å². The second kappa shape index (κ2) is 6.80. The van der Waals surface area contributed by atoms with E-state index >= 15 is 0 Å². The highest BCUT2D eigenvalue weighted by atomic mass is 35.5. The number of halogens is 1. The number of carbonyl (C=O) groups is 2. The van der Waals surface area contributed by atoms with Gasteiger partial charge in [0.25, 0.3) is 0 Å². The van der Waals surface area contributed by atoms with E-state index in [1.807, 2.05) is 4.90 Å². The number of rotatable bonds is 3. The van der Waals surface area contributed by atoms with Gasteiger partial charge in [0.1, 0.15) is 5.78 Å². The first-order chi connectivity index (χ1) is 6.63. The molecule has 0 bridgehead atoms. The maximum Gasteiger partial charge on any atom is 0.319 e. The van der Waals surface area contributed by atoms with Crippen LogP contribution in [-0.4, -0.2) is 43.4 Å². The molecule has 0 amide bonds.